The van der Waals surface area contributed by atoms with E-state index in [2.05, 4.69) is 45.3 Å². The molecule has 4 fully saturated rings. The monoisotopic (exact) mass is 451 g/mol. The molecule has 5 heterocycles. The van der Waals surface area contributed by atoms with Gasteiger partial charge in [0.05, 0.1) is 17.8 Å². The Morgan fingerprint density at radius 2 is 1.88 bits per heavy atom. The first-order chi connectivity index (χ1) is 16.0. The van der Waals surface area contributed by atoms with Crippen LogP contribution in [0.2, 0.25) is 0 Å². The van der Waals surface area contributed by atoms with Crippen LogP contribution in [0.3, 0.4) is 0 Å². The second kappa shape index (κ2) is 8.02. The minimum Gasteiger partial charge on any atom is -0.353 e. The van der Waals surface area contributed by atoms with Crippen LogP contribution < -0.4 is 26.2 Å². The van der Waals surface area contributed by atoms with Crippen molar-refractivity contribution >= 4 is 17.4 Å². The van der Waals surface area contributed by atoms with Crippen molar-refractivity contribution in [3.05, 3.63) is 53.5 Å². The molecule has 4 saturated heterocycles. The van der Waals surface area contributed by atoms with Gasteiger partial charge in [-0.3, -0.25) is 15.1 Å². The van der Waals surface area contributed by atoms with Crippen LogP contribution >= 0.6 is 0 Å². The Hall–Kier alpha value is -2.59. The van der Waals surface area contributed by atoms with E-state index in [1.165, 1.54) is 23.9 Å². The molecular weight excluding hydrogens is 421 g/mol. The van der Waals surface area contributed by atoms with Crippen LogP contribution in [0.1, 0.15) is 36.4 Å². The summed E-state index contributed by atoms with van der Waals surface area (Å²) < 4.78 is 14.6. The number of benzene rings is 1. The molecule has 174 valence electrons. The summed E-state index contributed by atoms with van der Waals surface area (Å²) in [4.78, 5) is 22.5. The van der Waals surface area contributed by atoms with E-state index < -0.39 is 5.82 Å². The summed E-state index contributed by atoms with van der Waals surface area (Å²) in [6.45, 7) is 3.86. The van der Waals surface area contributed by atoms with Gasteiger partial charge in [-0.1, -0.05) is 18.2 Å². The highest BCUT2D eigenvalue weighted by Crippen LogP contribution is 2.33. The molecule has 1 aromatic heterocycles. The van der Waals surface area contributed by atoms with E-state index in [1.54, 1.807) is 6.07 Å². The smallest absolute Gasteiger partial charge is 0.243 e. The SMILES string of the molecule is Cc1cccc(F)c1N1NC2C(CC1=O)NNC2c1ccc(N2CC3CCC(C2)N3C)nc1. The van der Waals surface area contributed by atoms with Gasteiger partial charge in [-0.2, -0.15) is 0 Å². The van der Waals surface area contributed by atoms with E-state index in [-0.39, 0.29) is 30.5 Å². The highest BCUT2D eigenvalue weighted by atomic mass is 19.1. The van der Waals surface area contributed by atoms with Gasteiger partial charge in [0.1, 0.15) is 11.6 Å². The maximum Gasteiger partial charge on any atom is 0.243 e. The maximum absolute atomic E-state index is 14.6. The maximum atomic E-state index is 14.6. The number of nitrogens with one attached hydrogen (secondary N) is 3. The van der Waals surface area contributed by atoms with Crippen molar-refractivity contribution < 1.29 is 9.18 Å². The molecule has 2 aromatic rings. The Kier molecular flexibility index (Phi) is 5.10. The van der Waals surface area contributed by atoms with Gasteiger partial charge in [0.15, 0.2) is 0 Å². The second-order valence-corrected chi connectivity index (χ2v) is 9.77. The number of hydrogen-bond donors (Lipinski definition) is 3. The predicted octanol–water partition coefficient (Wildman–Crippen LogP) is 1.64. The van der Waals surface area contributed by atoms with Gasteiger partial charge in [0.2, 0.25) is 5.91 Å². The molecule has 33 heavy (non-hydrogen) atoms. The molecule has 1 amide bonds. The van der Waals surface area contributed by atoms with Crippen LogP contribution in [-0.4, -0.2) is 60.1 Å². The topological polar surface area (TPSA) is 75.8 Å². The number of halogens is 1. The molecule has 5 atom stereocenters. The summed E-state index contributed by atoms with van der Waals surface area (Å²) in [5.74, 6) is 0.455. The van der Waals surface area contributed by atoms with Crippen molar-refractivity contribution in [1.29, 1.82) is 0 Å². The molecular formula is C24H30FN7O. The Bertz CT molecular complexity index is 1030. The number of amides is 1. The summed E-state index contributed by atoms with van der Waals surface area (Å²) in [6.07, 6.45) is 4.73. The Balaban J connectivity index is 1.21. The van der Waals surface area contributed by atoms with Crippen molar-refractivity contribution in [1.82, 2.24) is 26.2 Å². The Morgan fingerprint density at radius 3 is 2.58 bits per heavy atom. The lowest BCUT2D eigenvalue weighted by molar-refractivity contribution is -0.121. The average molecular weight is 452 g/mol. The van der Waals surface area contributed by atoms with Crippen LogP contribution in [0.25, 0.3) is 0 Å². The number of anilines is 2. The van der Waals surface area contributed by atoms with Gasteiger partial charge in [-0.05, 0) is 50.1 Å². The summed E-state index contributed by atoms with van der Waals surface area (Å²) in [7, 11) is 2.24. The second-order valence-electron chi connectivity index (χ2n) is 9.77. The van der Waals surface area contributed by atoms with Crippen molar-refractivity contribution in [3.63, 3.8) is 0 Å². The van der Waals surface area contributed by atoms with Gasteiger partial charge in [0.25, 0.3) is 0 Å². The van der Waals surface area contributed by atoms with Crippen molar-refractivity contribution in [2.24, 2.45) is 0 Å². The average Bonchev–Trinajstić information content (AvgIpc) is 3.28. The van der Waals surface area contributed by atoms with Crippen LogP contribution in [0.5, 0.6) is 0 Å². The number of aromatic nitrogens is 1. The zero-order valence-electron chi connectivity index (χ0n) is 19.0. The van der Waals surface area contributed by atoms with E-state index in [1.807, 2.05) is 19.2 Å². The number of pyridine rings is 1. The van der Waals surface area contributed by atoms with Crippen LogP contribution in [-0.2, 0) is 4.79 Å². The highest BCUT2D eigenvalue weighted by molar-refractivity contribution is 5.94. The lowest BCUT2D eigenvalue weighted by atomic mass is 9.94. The van der Waals surface area contributed by atoms with Crippen LogP contribution in [0.4, 0.5) is 15.9 Å². The van der Waals surface area contributed by atoms with Crippen molar-refractivity contribution in [2.75, 3.05) is 30.0 Å². The fourth-order valence-electron chi connectivity index (χ4n) is 5.91. The van der Waals surface area contributed by atoms with E-state index in [4.69, 9.17) is 4.98 Å². The van der Waals surface area contributed by atoms with E-state index in [0.717, 1.165) is 30.0 Å². The molecule has 2 bridgehead atoms. The van der Waals surface area contributed by atoms with E-state index in [9.17, 15) is 9.18 Å². The number of hydrazine groups is 2. The highest BCUT2D eigenvalue weighted by Gasteiger charge is 2.45. The zero-order chi connectivity index (χ0) is 22.7. The number of nitrogens with zero attached hydrogens (tertiary/aromatic N) is 4. The number of carbonyl (C=O) groups excluding carboxylic acids is 1. The van der Waals surface area contributed by atoms with Crippen LogP contribution in [0.15, 0.2) is 36.5 Å². The molecule has 5 unspecified atom stereocenters. The van der Waals surface area contributed by atoms with E-state index >= 15 is 0 Å². The molecule has 6 rings (SSSR count). The third kappa shape index (κ3) is 3.50. The molecule has 0 spiro atoms. The molecule has 9 heteroatoms. The lowest BCUT2D eigenvalue weighted by Gasteiger charge is -2.39. The molecule has 0 saturated carbocycles. The molecule has 1 aromatic carbocycles. The summed E-state index contributed by atoms with van der Waals surface area (Å²) in [5, 5.41) is 1.38. The Morgan fingerprint density at radius 1 is 1.09 bits per heavy atom. The van der Waals surface area contributed by atoms with Gasteiger partial charge in [-0.15, -0.1) is 0 Å². The fraction of sp³-hybridized carbons (Fsp3) is 0.500. The first kappa shape index (κ1) is 21.0. The summed E-state index contributed by atoms with van der Waals surface area (Å²) in [6, 6.07) is 10.0. The quantitative estimate of drug-likeness (QED) is 0.655. The summed E-state index contributed by atoms with van der Waals surface area (Å²) in [5.41, 5.74) is 11.9. The first-order valence-corrected chi connectivity index (χ1v) is 11.8. The van der Waals surface area contributed by atoms with Gasteiger partial charge in [0, 0.05) is 43.8 Å². The van der Waals surface area contributed by atoms with E-state index in [0.29, 0.717) is 17.8 Å². The number of para-hydroxylation sites is 1. The first-order valence-electron chi connectivity index (χ1n) is 11.8. The molecule has 8 nitrogen and oxygen atoms in total. The molecule has 4 aliphatic heterocycles. The third-order valence-electron chi connectivity index (χ3n) is 7.85. The Labute approximate surface area is 193 Å². The standard InChI is InChI=1S/C24H30FN7O/c1-14-4-3-5-18(25)24(14)32-21(33)10-19-23(29-32)22(28-27-19)15-6-9-20(26-11-15)31-12-16-7-8-17(13-31)30(16)2/h3-6,9,11,16-17,19,22-23,27-29H,7-8,10,12-13H2,1-2H3. The number of rotatable bonds is 3. The number of hydrogen-bond acceptors (Lipinski definition) is 7. The third-order valence-corrected chi connectivity index (χ3v) is 7.85. The van der Waals surface area contributed by atoms with Gasteiger partial charge >= 0.3 is 0 Å². The van der Waals surface area contributed by atoms with Crippen LogP contribution in [0, 0.1) is 12.7 Å². The van der Waals surface area contributed by atoms with Crippen molar-refractivity contribution in [3.8, 4) is 0 Å². The number of piperazine rings is 1. The fourth-order valence-corrected chi connectivity index (χ4v) is 5.91. The summed E-state index contributed by atoms with van der Waals surface area (Å²) >= 11 is 0. The lowest BCUT2D eigenvalue weighted by Crippen LogP contribution is -2.60. The van der Waals surface area contributed by atoms with Gasteiger partial charge < -0.3 is 4.90 Å². The zero-order valence-corrected chi connectivity index (χ0v) is 19.0. The molecule has 3 N–H and O–H groups in total. The largest absolute Gasteiger partial charge is 0.353 e. The number of fused-ring (bicyclic) bond motifs is 3. The van der Waals surface area contributed by atoms with Gasteiger partial charge in [-0.25, -0.2) is 25.2 Å². The minimum atomic E-state index is -0.406. The number of aryl methyl sites for hydroxylation is 1. The van der Waals surface area contributed by atoms with Crippen molar-refractivity contribution in [2.45, 2.75) is 56.4 Å². The molecule has 4 aliphatic rings. The minimum absolute atomic E-state index is 0.0845. The molecule has 0 radical (unpaired) electrons. The normalized spacial score (nSPS) is 31.8. The number of carbonyl (C=O) groups is 1. The number of likely N-dealkylation sites (N-methyl/N-ethyl adjacent to an activating group) is 1. The molecule has 0 aliphatic carbocycles. The predicted molar refractivity (Wildman–Crippen MR) is 124 cm³/mol.